The third kappa shape index (κ3) is 12.6. The smallest absolute Gasteiger partial charge is 0.330 e. The van der Waals surface area contributed by atoms with Gasteiger partial charge in [0.2, 0.25) is 5.75 Å². The number of ether oxygens (including phenoxy) is 10. The van der Waals surface area contributed by atoms with E-state index in [0.717, 1.165) is 72.2 Å². The van der Waals surface area contributed by atoms with Gasteiger partial charge in [-0.25, -0.2) is 4.79 Å². The van der Waals surface area contributed by atoms with Crippen molar-refractivity contribution in [2.75, 3.05) is 111 Å². The minimum atomic E-state index is -0.536. The highest BCUT2D eigenvalue weighted by Crippen LogP contribution is 2.51. The quantitative estimate of drug-likeness (QED) is 0.0467. The summed E-state index contributed by atoms with van der Waals surface area (Å²) >= 11 is 0. The molecule has 0 N–H and O–H groups in total. The van der Waals surface area contributed by atoms with E-state index < -0.39 is 5.97 Å². The monoisotopic (exact) mass is 996 g/mol. The van der Waals surface area contributed by atoms with E-state index in [1.165, 1.54) is 23.3 Å². The molecule has 0 bridgehead atoms. The van der Waals surface area contributed by atoms with Gasteiger partial charge in [0.25, 0.3) is 0 Å². The van der Waals surface area contributed by atoms with Crippen LogP contribution in [0.4, 0.5) is 0 Å². The Kier molecular flexibility index (Phi) is 20.6. The summed E-state index contributed by atoms with van der Waals surface area (Å²) < 4.78 is 58.5. The van der Waals surface area contributed by atoms with Gasteiger partial charge in [0.05, 0.1) is 116 Å². The largest absolute Gasteiger partial charge is 1.00 e. The van der Waals surface area contributed by atoms with Gasteiger partial charge in [-0.3, -0.25) is 4.79 Å². The molecular formula is C53H70Cl2N2O12. The number of nitrogens with zero attached hydrogens (tertiary/aromatic N) is 2. The summed E-state index contributed by atoms with van der Waals surface area (Å²) in [6.07, 6.45) is 7.24. The molecule has 0 radical (unpaired) electrons. The van der Waals surface area contributed by atoms with Gasteiger partial charge < -0.3 is 81.1 Å². The van der Waals surface area contributed by atoms with Gasteiger partial charge in [-0.1, -0.05) is 12.1 Å². The van der Waals surface area contributed by atoms with Crippen LogP contribution in [0.3, 0.4) is 0 Å². The molecule has 2 aliphatic heterocycles. The number of carbonyl (C=O) groups is 2. The molecule has 0 aromatic heterocycles. The molecule has 0 spiro atoms. The fourth-order valence-corrected chi connectivity index (χ4v) is 10.1. The first kappa shape index (κ1) is 56.1. The summed E-state index contributed by atoms with van der Waals surface area (Å²) in [5.74, 6) is 5.25. The lowest BCUT2D eigenvalue weighted by Gasteiger charge is -2.46. The number of rotatable bonds is 23. The highest BCUT2D eigenvalue weighted by atomic mass is 35.5. The number of likely N-dealkylation sites (N-methyl/N-ethyl adjacent to an activating group) is 2. The molecule has 0 saturated heterocycles. The highest BCUT2D eigenvalue weighted by Gasteiger charge is 2.43. The summed E-state index contributed by atoms with van der Waals surface area (Å²) in [6, 6.07) is 18.3. The van der Waals surface area contributed by atoms with Crippen LogP contribution in [0, 0.1) is 0 Å². The second-order valence-electron chi connectivity index (χ2n) is 17.7. The van der Waals surface area contributed by atoms with Crippen LogP contribution in [-0.4, -0.2) is 132 Å². The molecule has 16 heteroatoms. The Labute approximate surface area is 420 Å². The molecule has 0 amide bonds. The first-order valence-corrected chi connectivity index (χ1v) is 22.9. The highest BCUT2D eigenvalue weighted by molar-refractivity contribution is 5.95. The average Bonchev–Trinajstić information content (AvgIpc) is 3.35. The summed E-state index contributed by atoms with van der Waals surface area (Å²) in [4.78, 5) is 26.2. The number of hydrogen-bond donors (Lipinski definition) is 0. The zero-order valence-electron chi connectivity index (χ0n) is 42.0. The molecule has 2 heterocycles. The van der Waals surface area contributed by atoms with E-state index in [4.69, 9.17) is 47.4 Å². The van der Waals surface area contributed by atoms with E-state index in [9.17, 15) is 9.59 Å². The van der Waals surface area contributed by atoms with Gasteiger partial charge in [-0.2, -0.15) is 0 Å². The summed E-state index contributed by atoms with van der Waals surface area (Å²) in [6.45, 7) is 3.42. The fraction of sp³-hybridized carbons (Fsp3) is 0.472. The molecule has 69 heavy (non-hydrogen) atoms. The molecule has 4 aromatic rings. The molecule has 0 fully saturated rings. The van der Waals surface area contributed by atoms with Crippen LogP contribution in [-0.2, 0) is 40.0 Å². The van der Waals surface area contributed by atoms with Crippen molar-refractivity contribution in [1.82, 2.24) is 0 Å². The van der Waals surface area contributed by atoms with Crippen LogP contribution in [0.15, 0.2) is 66.7 Å². The van der Waals surface area contributed by atoms with E-state index in [2.05, 4.69) is 44.4 Å². The molecule has 4 atom stereocenters. The molecule has 0 aliphatic carbocycles. The fourth-order valence-electron chi connectivity index (χ4n) is 10.1. The molecule has 0 saturated carbocycles. The van der Waals surface area contributed by atoms with E-state index in [1.54, 1.807) is 64.0 Å². The van der Waals surface area contributed by atoms with Crippen LogP contribution < -0.4 is 67.4 Å². The Hall–Kier alpha value is -5.54. The number of methoxy groups -OCH3 is 9. The van der Waals surface area contributed by atoms with Crippen LogP contribution in [0.5, 0.6) is 51.7 Å². The molecule has 378 valence electrons. The van der Waals surface area contributed by atoms with Crippen LogP contribution >= 0.6 is 0 Å². The summed E-state index contributed by atoms with van der Waals surface area (Å²) in [5.41, 5.74) is 6.82. The number of quaternary nitrogens is 2. The topological polar surface area (TPSA) is 126 Å². The van der Waals surface area contributed by atoms with Crippen molar-refractivity contribution in [3.05, 3.63) is 100 Å². The normalized spacial score (nSPS) is 19.1. The van der Waals surface area contributed by atoms with Crippen molar-refractivity contribution in [2.24, 2.45) is 0 Å². The average molecular weight is 998 g/mol. The molecular weight excluding hydrogens is 927 g/mol. The number of benzene rings is 4. The lowest BCUT2D eigenvalue weighted by molar-refractivity contribution is -0.941. The van der Waals surface area contributed by atoms with Crippen molar-refractivity contribution in [2.45, 2.75) is 57.0 Å². The van der Waals surface area contributed by atoms with Gasteiger partial charge in [0.1, 0.15) is 12.1 Å². The Morgan fingerprint density at radius 2 is 1.01 bits per heavy atom. The zero-order valence-corrected chi connectivity index (χ0v) is 43.6. The predicted octanol–water partition coefficient (Wildman–Crippen LogP) is 1.88. The van der Waals surface area contributed by atoms with E-state index in [-0.39, 0.29) is 49.3 Å². The standard InChI is InChI=1S/C53H70N2O12.2ClH/c1-54(25-21-37-32-47(62-7)48(63-8)34-40(37)41(54)28-35-15-18-43(58-3)45(30-35)60-5)23-12-14-39(56)17-20-50(57)67-27-13-24-55(2)26-22-38-33-49(64-9)52(65-10)53(66-11)51(38)42(55)29-36-16-19-44(59-4)46(31-36)61-6;;/h15-20,30-34,41-42H,12-14,21-29H2,1-11H3;2*1H/q+2;;/p-2/b20-17-;;. The third-order valence-electron chi connectivity index (χ3n) is 13.9. The molecule has 6 rings (SSSR count). The van der Waals surface area contributed by atoms with Crippen molar-refractivity contribution < 1.29 is 90.7 Å². The zero-order chi connectivity index (χ0) is 48.3. The number of allylic oxidation sites excluding steroid dienone is 1. The second-order valence-corrected chi connectivity index (χ2v) is 17.7. The van der Waals surface area contributed by atoms with Gasteiger partial charge in [-0.15, -0.1) is 0 Å². The Morgan fingerprint density at radius 3 is 1.57 bits per heavy atom. The number of ketones is 1. The SMILES string of the molecule is COc1ccc(CC2c3cc(OC)c(OC)cc3CC[N+]2(C)CCCC(=O)/C=C\C(=O)OCCC[N+]2(C)CCc3cc(OC)c(OC)c(OC)c3C2Cc2ccc(OC)c(OC)c2)cc1OC.[Cl-].[Cl-]. The maximum Gasteiger partial charge on any atom is 0.330 e. The van der Waals surface area contributed by atoms with Crippen molar-refractivity contribution >= 4 is 11.8 Å². The van der Waals surface area contributed by atoms with E-state index >= 15 is 0 Å². The number of halogens is 2. The predicted molar refractivity (Wildman–Crippen MR) is 256 cm³/mol. The third-order valence-corrected chi connectivity index (χ3v) is 13.9. The van der Waals surface area contributed by atoms with Crippen LogP contribution in [0.25, 0.3) is 0 Å². The molecule has 14 nitrogen and oxygen atoms in total. The number of fused-ring (bicyclic) bond motifs is 2. The lowest BCUT2D eigenvalue weighted by atomic mass is 9.85. The Morgan fingerprint density at radius 1 is 0.536 bits per heavy atom. The molecule has 4 aromatic carbocycles. The number of esters is 1. The lowest BCUT2D eigenvalue weighted by Crippen LogP contribution is -3.00. The maximum atomic E-state index is 13.2. The van der Waals surface area contributed by atoms with Crippen LogP contribution in [0.2, 0.25) is 0 Å². The second kappa shape index (κ2) is 25.4. The van der Waals surface area contributed by atoms with Crippen molar-refractivity contribution in [1.29, 1.82) is 0 Å². The first-order valence-electron chi connectivity index (χ1n) is 22.9. The summed E-state index contributed by atoms with van der Waals surface area (Å²) in [7, 11) is 19.3. The number of carbonyl (C=O) groups excluding carboxylic acids is 2. The van der Waals surface area contributed by atoms with Crippen LogP contribution in [0.1, 0.15) is 64.7 Å². The van der Waals surface area contributed by atoms with E-state index in [0.29, 0.717) is 81.9 Å². The molecule has 4 unspecified atom stereocenters. The number of hydrogen-bond acceptors (Lipinski definition) is 12. The van der Waals surface area contributed by atoms with E-state index in [1.807, 2.05) is 24.3 Å². The first-order chi connectivity index (χ1) is 32.3. The van der Waals surface area contributed by atoms with Gasteiger partial charge >= 0.3 is 5.97 Å². The Bertz CT molecular complexity index is 2410. The molecule has 2 aliphatic rings. The van der Waals surface area contributed by atoms with Gasteiger partial charge in [-0.05, 0) is 70.8 Å². The minimum absolute atomic E-state index is 0. The summed E-state index contributed by atoms with van der Waals surface area (Å²) in [5, 5.41) is 0. The van der Waals surface area contributed by atoms with Gasteiger partial charge in [0, 0.05) is 56.6 Å². The van der Waals surface area contributed by atoms with Crippen molar-refractivity contribution in [3.8, 4) is 51.7 Å². The maximum absolute atomic E-state index is 13.2. The van der Waals surface area contributed by atoms with Crippen molar-refractivity contribution in [3.63, 3.8) is 0 Å². The Balaban J connectivity index is 0.00000518. The van der Waals surface area contributed by atoms with Gasteiger partial charge in [0.15, 0.2) is 51.8 Å². The minimum Gasteiger partial charge on any atom is -1.00 e.